The van der Waals surface area contributed by atoms with Gasteiger partial charge in [-0.1, -0.05) is 0 Å². The van der Waals surface area contributed by atoms with Crippen LogP contribution < -0.4 is 5.32 Å². The molecule has 0 radical (unpaired) electrons. The first kappa shape index (κ1) is 3.87. The van der Waals surface area contributed by atoms with Gasteiger partial charge in [-0.25, -0.2) is 0 Å². The molecule has 1 N–H and O–H groups in total. The number of rotatable bonds is 1. The second kappa shape index (κ2) is 1.20. The molecule has 2 rings (SSSR count). The molecule has 2 heterocycles. The maximum atomic E-state index is 3.24. The summed E-state index contributed by atoms with van der Waals surface area (Å²) in [6, 6.07) is 0.917. The predicted octanol–water partition coefficient (Wildman–Crippen LogP) is -0.726. The Bertz CT molecular complexity index is 74.1. The van der Waals surface area contributed by atoms with Crippen LogP contribution in [0, 0.1) is 0 Å². The van der Waals surface area contributed by atoms with Crippen molar-refractivity contribution in [1.29, 1.82) is 0 Å². The van der Waals surface area contributed by atoms with E-state index in [4.69, 9.17) is 0 Å². The Balaban J connectivity index is 1.83. The third kappa shape index (κ3) is 0.545. The van der Waals surface area contributed by atoms with Crippen LogP contribution in [0.1, 0.15) is 0 Å². The van der Waals surface area contributed by atoms with E-state index in [1.807, 2.05) is 0 Å². The van der Waals surface area contributed by atoms with Crippen LogP contribution >= 0.6 is 0 Å². The van der Waals surface area contributed by atoms with Crippen LogP contribution in [0.15, 0.2) is 0 Å². The van der Waals surface area contributed by atoms with Crippen molar-refractivity contribution < 1.29 is 0 Å². The largest absolute Gasteiger partial charge is 0.314 e. The highest BCUT2D eigenvalue weighted by Crippen LogP contribution is 2.12. The molecule has 0 aliphatic carbocycles. The maximum Gasteiger partial charge on any atom is 0.0346 e. The van der Waals surface area contributed by atoms with Gasteiger partial charge in [-0.15, -0.1) is 0 Å². The topological polar surface area (TPSA) is 15.0 Å². The van der Waals surface area contributed by atoms with E-state index >= 15 is 0 Å². The standard InChI is InChI=1S/C5H10N2/c1-2-7(1)5-3-6-4-5/h5-6H,1-4H2. The maximum absolute atomic E-state index is 3.24. The second-order valence-electron chi connectivity index (χ2n) is 2.35. The summed E-state index contributed by atoms with van der Waals surface area (Å²) >= 11 is 0. The van der Waals surface area contributed by atoms with Crippen molar-refractivity contribution in [3.8, 4) is 0 Å². The molecular formula is C5H10N2. The Morgan fingerprint density at radius 2 is 2.00 bits per heavy atom. The molecule has 2 aliphatic heterocycles. The lowest BCUT2D eigenvalue weighted by molar-refractivity contribution is 0.287. The summed E-state index contributed by atoms with van der Waals surface area (Å²) in [5, 5.41) is 3.24. The van der Waals surface area contributed by atoms with Crippen LogP contribution in [-0.4, -0.2) is 37.1 Å². The van der Waals surface area contributed by atoms with Crippen LogP contribution in [0.25, 0.3) is 0 Å². The molecular weight excluding hydrogens is 88.1 g/mol. The smallest absolute Gasteiger partial charge is 0.0346 e. The van der Waals surface area contributed by atoms with Gasteiger partial charge in [0, 0.05) is 32.2 Å². The quantitative estimate of drug-likeness (QED) is 0.435. The molecule has 0 atom stereocenters. The molecule has 0 amide bonds. The lowest BCUT2D eigenvalue weighted by atomic mass is 10.2. The number of hydrogen-bond donors (Lipinski definition) is 1. The molecule has 7 heavy (non-hydrogen) atoms. The van der Waals surface area contributed by atoms with Crippen molar-refractivity contribution in [3.05, 3.63) is 0 Å². The highest BCUT2D eigenvalue weighted by molar-refractivity contribution is 4.90. The lowest BCUT2D eigenvalue weighted by Gasteiger charge is -2.27. The van der Waals surface area contributed by atoms with E-state index in [1.54, 1.807) is 0 Å². The highest BCUT2D eigenvalue weighted by Gasteiger charge is 2.30. The Hall–Kier alpha value is -0.0800. The fourth-order valence-electron chi connectivity index (χ4n) is 0.955. The lowest BCUT2D eigenvalue weighted by Crippen LogP contribution is -2.51. The zero-order valence-corrected chi connectivity index (χ0v) is 4.35. The molecule has 0 bridgehead atoms. The normalized spacial score (nSPS) is 32.6. The van der Waals surface area contributed by atoms with Crippen molar-refractivity contribution in [2.75, 3.05) is 26.2 Å². The van der Waals surface area contributed by atoms with Gasteiger partial charge in [0.1, 0.15) is 0 Å². The first-order valence-corrected chi connectivity index (χ1v) is 2.91. The summed E-state index contributed by atoms with van der Waals surface area (Å²) in [5.74, 6) is 0. The molecule has 0 spiro atoms. The summed E-state index contributed by atoms with van der Waals surface area (Å²) in [5.41, 5.74) is 0. The SMILES string of the molecule is C1NCC1N1CC1. The van der Waals surface area contributed by atoms with Gasteiger partial charge in [0.2, 0.25) is 0 Å². The average molecular weight is 98.1 g/mol. The first-order chi connectivity index (χ1) is 3.47. The van der Waals surface area contributed by atoms with Gasteiger partial charge in [0.15, 0.2) is 0 Å². The Labute approximate surface area is 43.5 Å². The fourth-order valence-corrected chi connectivity index (χ4v) is 0.955. The minimum absolute atomic E-state index is 0.917. The molecule has 0 aromatic carbocycles. The van der Waals surface area contributed by atoms with Gasteiger partial charge in [-0.3, -0.25) is 4.90 Å². The van der Waals surface area contributed by atoms with E-state index in [0.717, 1.165) is 6.04 Å². The van der Waals surface area contributed by atoms with E-state index < -0.39 is 0 Å². The van der Waals surface area contributed by atoms with Crippen LogP contribution in [0.2, 0.25) is 0 Å². The molecule has 2 saturated heterocycles. The van der Waals surface area contributed by atoms with Crippen molar-refractivity contribution in [1.82, 2.24) is 10.2 Å². The highest BCUT2D eigenvalue weighted by atomic mass is 15.3. The van der Waals surface area contributed by atoms with Crippen molar-refractivity contribution in [2.45, 2.75) is 6.04 Å². The first-order valence-electron chi connectivity index (χ1n) is 2.91. The zero-order chi connectivity index (χ0) is 4.69. The van der Waals surface area contributed by atoms with Gasteiger partial charge >= 0.3 is 0 Å². The molecule has 0 aromatic heterocycles. The predicted molar refractivity (Wildman–Crippen MR) is 28.2 cm³/mol. The molecule has 40 valence electrons. The third-order valence-electron chi connectivity index (χ3n) is 1.76. The monoisotopic (exact) mass is 98.1 g/mol. The molecule has 0 aromatic rings. The van der Waals surface area contributed by atoms with E-state index in [-0.39, 0.29) is 0 Å². The Morgan fingerprint density at radius 1 is 1.29 bits per heavy atom. The molecule has 0 saturated carbocycles. The molecule has 2 aliphatic rings. The summed E-state index contributed by atoms with van der Waals surface area (Å²) in [7, 11) is 0. The fraction of sp³-hybridized carbons (Fsp3) is 1.00. The average Bonchev–Trinajstić information content (AvgIpc) is 2.10. The molecule has 2 heteroatoms. The van der Waals surface area contributed by atoms with Crippen molar-refractivity contribution >= 4 is 0 Å². The van der Waals surface area contributed by atoms with Gasteiger partial charge in [0.05, 0.1) is 0 Å². The van der Waals surface area contributed by atoms with E-state index in [2.05, 4.69) is 10.2 Å². The van der Waals surface area contributed by atoms with E-state index in [0.29, 0.717) is 0 Å². The van der Waals surface area contributed by atoms with E-state index in [9.17, 15) is 0 Å². The third-order valence-corrected chi connectivity index (χ3v) is 1.76. The van der Waals surface area contributed by atoms with Crippen LogP contribution in [0.3, 0.4) is 0 Å². The van der Waals surface area contributed by atoms with Crippen molar-refractivity contribution in [3.63, 3.8) is 0 Å². The second-order valence-corrected chi connectivity index (χ2v) is 2.35. The zero-order valence-electron chi connectivity index (χ0n) is 4.35. The van der Waals surface area contributed by atoms with Gasteiger partial charge < -0.3 is 5.32 Å². The number of nitrogens with zero attached hydrogens (tertiary/aromatic N) is 1. The van der Waals surface area contributed by atoms with Gasteiger partial charge in [-0.05, 0) is 0 Å². The van der Waals surface area contributed by atoms with Crippen LogP contribution in [0.4, 0.5) is 0 Å². The van der Waals surface area contributed by atoms with Crippen molar-refractivity contribution in [2.24, 2.45) is 0 Å². The molecule has 0 unspecified atom stereocenters. The molecule has 2 nitrogen and oxygen atoms in total. The minimum Gasteiger partial charge on any atom is -0.314 e. The van der Waals surface area contributed by atoms with Gasteiger partial charge in [0.25, 0.3) is 0 Å². The van der Waals surface area contributed by atoms with Gasteiger partial charge in [-0.2, -0.15) is 0 Å². The summed E-state index contributed by atoms with van der Waals surface area (Å²) in [6.45, 7) is 5.18. The minimum atomic E-state index is 0.917. The number of nitrogens with one attached hydrogen (secondary N) is 1. The Morgan fingerprint density at radius 3 is 2.14 bits per heavy atom. The van der Waals surface area contributed by atoms with Crippen LogP contribution in [-0.2, 0) is 0 Å². The molecule has 2 fully saturated rings. The van der Waals surface area contributed by atoms with Crippen LogP contribution in [0.5, 0.6) is 0 Å². The summed E-state index contributed by atoms with van der Waals surface area (Å²) < 4.78 is 0. The number of hydrogen-bond acceptors (Lipinski definition) is 2. The van der Waals surface area contributed by atoms with E-state index in [1.165, 1.54) is 26.2 Å². The summed E-state index contributed by atoms with van der Waals surface area (Å²) in [4.78, 5) is 2.50. The Kier molecular flexibility index (Phi) is 0.664. The summed E-state index contributed by atoms with van der Waals surface area (Å²) in [6.07, 6.45) is 0.